The number of nitrogens with one attached hydrogen (secondary N) is 2. The van der Waals surface area contributed by atoms with Crippen LogP contribution in [0.15, 0.2) is 46.9 Å². The zero-order valence-electron chi connectivity index (χ0n) is 13.3. The first kappa shape index (κ1) is 17.3. The Labute approximate surface area is 152 Å². The van der Waals surface area contributed by atoms with E-state index in [1.807, 2.05) is 0 Å². The Hall–Kier alpha value is -2.51. The summed E-state index contributed by atoms with van der Waals surface area (Å²) in [6.45, 7) is 1.39. The number of ketones is 1. The van der Waals surface area contributed by atoms with Crippen LogP contribution in [-0.4, -0.2) is 22.7 Å². The predicted octanol–water partition coefficient (Wildman–Crippen LogP) is 2.82. The van der Waals surface area contributed by atoms with E-state index >= 15 is 0 Å². The molecule has 0 radical (unpaired) electrons. The van der Waals surface area contributed by atoms with Gasteiger partial charge in [0.2, 0.25) is 5.91 Å². The molecule has 0 saturated heterocycles. The van der Waals surface area contributed by atoms with Crippen molar-refractivity contribution in [3.63, 3.8) is 0 Å². The Morgan fingerprint density at radius 3 is 2.52 bits per heavy atom. The zero-order chi connectivity index (χ0) is 18.2. The first-order chi connectivity index (χ1) is 11.8. The van der Waals surface area contributed by atoms with E-state index in [-0.39, 0.29) is 18.1 Å². The van der Waals surface area contributed by atoms with E-state index in [1.54, 1.807) is 42.5 Å². The first-order valence-corrected chi connectivity index (χ1v) is 8.33. The molecular weight excluding hydrogens is 388 g/mol. The highest BCUT2D eigenvalue weighted by Crippen LogP contribution is 2.40. The summed E-state index contributed by atoms with van der Waals surface area (Å²) in [5, 5.41) is 16.0. The number of carbonyl (C=O) groups is 3. The molecule has 3 N–H and O–H groups in total. The van der Waals surface area contributed by atoms with E-state index in [9.17, 15) is 19.5 Å². The van der Waals surface area contributed by atoms with Gasteiger partial charge < -0.3 is 15.7 Å². The van der Waals surface area contributed by atoms with Crippen molar-refractivity contribution >= 4 is 44.9 Å². The average molecular weight is 403 g/mol. The molecule has 7 heteroatoms. The fourth-order valence-corrected chi connectivity index (χ4v) is 3.13. The van der Waals surface area contributed by atoms with Gasteiger partial charge in [-0.2, -0.15) is 0 Å². The number of halogens is 1. The predicted molar refractivity (Wildman–Crippen MR) is 96.4 cm³/mol. The third kappa shape index (κ3) is 3.33. The highest BCUT2D eigenvalue weighted by molar-refractivity contribution is 9.10. The number of hydrogen-bond donors (Lipinski definition) is 3. The van der Waals surface area contributed by atoms with Gasteiger partial charge in [-0.25, -0.2) is 0 Å². The van der Waals surface area contributed by atoms with Crippen LogP contribution in [0.5, 0.6) is 0 Å². The molecule has 0 aliphatic carbocycles. The molecule has 2 aromatic rings. The second-order valence-electron chi connectivity index (χ2n) is 5.86. The van der Waals surface area contributed by atoms with Crippen molar-refractivity contribution in [2.45, 2.75) is 18.9 Å². The summed E-state index contributed by atoms with van der Waals surface area (Å²) < 4.78 is 0.702. The maximum Gasteiger partial charge on any atom is 0.261 e. The molecule has 0 unspecified atom stereocenters. The maximum absolute atomic E-state index is 12.5. The molecule has 0 bridgehead atoms. The van der Waals surface area contributed by atoms with Crippen LogP contribution in [-0.2, 0) is 15.2 Å². The van der Waals surface area contributed by atoms with Gasteiger partial charge in [-0.15, -0.1) is 0 Å². The molecular formula is C18H15BrN2O4. The molecule has 3 rings (SSSR count). The van der Waals surface area contributed by atoms with E-state index < -0.39 is 11.5 Å². The zero-order valence-corrected chi connectivity index (χ0v) is 14.9. The minimum atomic E-state index is -1.91. The number of aliphatic hydroxyl groups is 1. The van der Waals surface area contributed by atoms with Crippen molar-refractivity contribution in [1.29, 1.82) is 0 Å². The average Bonchev–Trinajstić information content (AvgIpc) is 2.79. The summed E-state index contributed by atoms with van der Waals surface area (Å²) in [7, 11) is 0. The van der Waals surface area contributed by atoms with Crippen LogP contribution in [0.1, 0.15) is 29.3 Å². The van der Waals surface area contributed by atoms with Gasteiger partial charge in [-0.3, -0.25) is 14.4 Å². The van der Waals surface area contributed by atoms with Gasteiger partial charge in [0.15, 0.2) is 11.4 Å². The third-order valence-corrected chi connectivity index (χ3v) is 4.49. The van der Waals surface area contributed by atoms with Gasteiger partial charge in [-0.05, 0) is 42.5 Å². The van der Waals surface area contributed by atoms with Crippen LogP contribution in [0.2, 0.25) is 0 Å². The fourth-order valence-electron chi connectivity index (χ4n) is 2.77. The van der Waals surface area contributed by atoms with Gasteiger partial charge in [0.1, 0.15) is 0 Å². The molecule has 0 saturated carbocycles. The molecule has 25 heavy (non-hydrogen) atoms. The Balaban J connectivity index is 1.84. The molecule has 1 atom stereocenters. The molecule has 1 heterocycles. The van der Waals surface area contributed by atoms with Crippen molar-refractivity contribution in [3.8, 4) is 0 Å². The number of benzene rings is 2. The van der Waals surface area contributed by atoms with Crippen LogP contribution in [0.4, 0.5) is 11.4 Å². The van der Waals surface area contributed by atoms with Crippen molar-refractivity contribution in [2.24, 2.45) is 0 Å². The van der Waals surface area contributed by atoms with Gasteiger partial charge in [0.25, 0.3) is 5.91 Å². The highest BCUT2D eigenvalue weighted by Gasteiger charge is 2.46. The van der Waals surface area contributed by atoms with E-state index in [1.165, 1.54) is 6.92 Å². The number of Topliss-reactive ketones (excluding diaryl/α,β-unsaturated/α-hetero) is 1. The Morgan fingerprint density at radius 2 is 1.88 bits per heavy atom. The monoisotopic (exact) mass is 402 g/mol. The summed E-state index contributed by atoms with van der Waals surface area (Å²) in [5.41, 5.74) is -0.138. The lowest BCUT2D eigenvalue weighted by atomic mass is 9.88. The van der Waals surface area contributed by atoms with E-state index in [0.29, 0.717) is 27.0 Å². The molecule has 0 spiro atoms. The molecule has 2 aromatic carbocycles. The number of amides is 2. The molecule has 1 aliphatic heterocycles. The highest BCUT2D eigenvalue weighted by atomic mass is 79.9. The number of carbonyl (C=O) groups excluding carboxylic acids is 3. The van der Waals surface area contributed by atoms with Gasteiger partial charge in [0.05, 0.1) is 6.42 Å². The second kappa shape index (κ2) is 6.42. The van der Waals surface area contributed by atoms with Crippen LogP contribution in [0.25, 0.3) is 0 Å². The lowest BCUT2D eigenvalue weighted by Gasteiger charge is -2.20. The Bertz CT molecular complexity index is 879. The van der Waals surface area contributed by atoms with Crippen LogP contribution < -0.4 is 10.6 Å². The Morgan fingerprint density at radius 1 is 1.20 bits per heavy atom. The van der Waals surface area contributed by atoms with Gasteiger partial charge >= 0.3 is 0 Å². The molecule has 0 fully saturated rings. The van der Waals surface area contributed by atoms with E-state index in [0.717, 1.165) is 0 Å². The minimum Gasteiger partial charge on any atom is -0.375 e. The van der Waals surface area contributed by atoms with E-state index in [2.05, 4.69) is 26.6 Å². The number of anilines is 2. The molecule has 128 valence electrons. The molecule has 2 amide bonds. The van der Waals surface area contributed by atoms with E-state index in [4.69, 9.17) is 0 Å². The van der Waals surface area contributed by atoms with Crippen molar-refractivity contribution in [2.75, 3.05) is 10.6 Å². The summed E-state index contributed by atoms with van der Waals surface area (Å²) in [4.78, 5) is 35.8. The van der Waals surface area contributed by atoms with Crippen LogP contribution >= 0.6 is 15.9 Å². The standard InChI is InChI=1S/C18H15BrN2O4/c1-10(22)20-13-5-2-11(3-6-13)16(23)9-18(25)14-8-12(19)4-7-15(14)21-17(18)24/h2-8,25H,9H2,1H3,(H,20,22)(H,21,24)/t18-/m0/s1. The number of hydrogen-bond acceptors (Lipinski definition) is 4. The fraction of sp³-hybridized carbons (Fsp3) is 0.167. The topological polar surface area (TPSA) is 95.5 Å². The quantitative estimate of drug-likeness (QED) is 0.685. The van der Waals surface area contributed by atoms with Crippen molar-refractivity contribution in [1.82, 2.24) is 0 Å². The maximum atomic E-state index is 12.5. The first-order valence-electron chi connectivity index (χ1n) is 7.54. The SMILES string of the molecule is CC(=O)Nc1ccc(C(=O)C[C@@]2(O)C(=O)Nc3ccc(Br)cc32)cc1. The Kier molecular flexibility index (Phi) is 4.45. The lowest BCUT2D eigenvalue weighted by Crippen LogP contribution is -2.36. The number of fused-ring (bicyclic) bond motifs is 1. The normalized spacial score (nSPS) is 18.4. The molecule has 6 nitrogen and oxygen atoms in total. The van der Waals surface area contributed by atoms with Crippen molar-refractivity contribution in [3.05, 3.63) is 58.1 Å². The summed E-state index contributed by atoms with van der Waals surface area (Å²) >= 11 is 3.31. The smallest absolute Gasteiger partial charge is 0.261 e. The largest absolute Gasteiger partial charge is 0.375 e. The summed E-state index contributed by atoms with van der Waals surface area (Å²) in [6.07, 6.45) is -0.373. The second-order valence-corrected chi connectivity index (χ2v) is 6.78. The molecule has 1 aliphatic rings. The number of rotatable bonds is 4. The van der Waals surface area contributed by atoms with Crippen LogP contribution in [0.3, 0.4) is 0 Å². The summed E-state index contributed by atoms with van der Waals surface area (Å²) in [5.74, 6) is -1.21. The summed E-state index contributed by atoms with van der Waals surface area (Å²) in [6, 6.07) is 11.3. The van der Waals surface area contributed by atoms with Crippen LogP contribution in [0, 0.1) is 0 Å². The van der Waals surface area contributed by atoms with Crippen molar-refractivity contribution < 1.29 is 19.5 Å². The lowest BCUT2D eigenvalue weighted by molar-refractivity contribution is -0.133. The van der Waals surface area contributed by atoms with Gasteiger partial charge in [0, 0.05) is 33.9 Å². The third-order valence-electron chi connectivity index (χ3n) is 3.99. The molecule has 0 aromatic heterocycles. The van der Waals surface area contributed by atoms with Gasteiger partial charge in [-0.1, -0.05) is 15.9 Å². The minimum absolute atomic E-state index is 0.210.